The first kappa shape index (κ1) is 16.1. The molecule has 0 saturated heterocycles. The zero-order valence-corrected chi connectivity index (χ0v) is 14.4. The lowest BCUT2D eigenvalue weighted by Gasteiger charge is -2.15. The molecule has 1 atom stereocenters. The molecule has 0 aliphatic heterocycles. The smallest absolute Gasteiger partial charge is 0.120 e. The molecule has 2 rings (SSSR count). The van der Waals surface area contributed by atoms with Crippen LogP contribution in [-0.2, 0) is 6.54 Å². The van der Waals surface area contributed by atoms with Gasteiger partial charge >= 0.3 is 0 Å². The van der Waals surface area contributed by atoms with Gasteiger partial charge in [-0.3, -0.25) is 0 Å². The highest BCUT2D eigenvalue weighted by Crippen LogP contribution is 2.18. The van der Waals surface area contributed by atoms with E-state index in [1.54, 1.807) is 0 Å². The Kier molecular flexibility index (Phi) is 5.83. The zero-order valence-electron chi connectivity index (χ0n) is 12.8. The molecule has 0 fully saturated rings. The Morgan fingerprint density at radius 3 is 2.43 bits per heavy atom. The molecule has 2 nitrogen and oxygen atoms in total. The first-order valence-electron chi connectivity index (χ1n) is 7.29. The van der Waals surface area contributed by atoms with E-state index in [2.05, 4.69) is 64.6 Å². The third-order valence-corrected chi connectivity index (χ3v) is 3.78. The number of nitrogens with one attached hydrogen (secondary N) is 1. The number of hydrogen-bond acceptors (Lipinski definition) is 2. The van der Waals surface area contributed by atoms with E-state index in [1.807, 2.05) is 26.0 Å². The van der Waals surface area contributed by atoms with E-state index >= 15 is 0 Å². The molecule has 0 unspecified atom stereocenters. The fraction of sp³-hybridized carbons (Fsp3) is 0.333. The second-order valence-corrected chi connectivity index (χ2v) is 6.38. The van der Waals surface area contributed by atoms with Gasteiger partial charge in [0.15, 0.2) is 0 Å². The molecule has 3 heteroatoms. The van der Waals surface area contributed by atoms with Gasteiger partial charge in [-0.05, 0) is 56.2 Å². The summed E-state index contributed by atoms with van der Waals surface area (Å²) < 4.78 is 6.83. The van der Waals surface area contributed by atoms with E-state index in [-0.39, 0.29) is 6.10 Å². The molecule has 0 amide bonds. The second kappa shape index (κ2) is 7.62. The van der Waals surface area contributed by atoms with Gasteiger partial charge in [0.1, 0.15) is 5.75 Å². The van der Waals surface area contributed by atoms with Crippen LogP contribution >= 0.6 is 15.9 Å². The van der Waals surface area contributed by atoms with Crippen LogP contribution in [0.5, 0.6) is 5.75 Å². The maximum atomic E-state index is 5.73. The maximum absolute atomic E-state index is 5.73. The third kappa shape index (κ3) is 5.18. The fourth-order valence-electron chi connectivity index (χ4n) is 2.14. The summed E-state index contributed by atoms with van der Waals surface area (Å²) in [7, 11) is 0. The Morgan fingerprint density at radius 1 is 1.05 bits per heavy atom. The first-order valence-corrected chi connectivity index (χ1v) is 8.08. The van der Waals surface area contributed by atoms with Crippen LogP contribution in [0.25, 0.3) is 0 Å². The molecular weight excluding hydrogens is 326 g/mol. The topological polar surface area (TPSA) is 21.3 Å². The van der Waals surface area contributed by atoms with Gasteiger partial charge in [0.25, 0.3) is 0 Å². The number of rotatable bonds is 6. The van der Waals surface area contributed by atoms with Gasteiger partial charge in [0.05, 0.1) is 6.10 Å². The minimum atomic E-state index is 0.204. The van der Waals surface area contributed by atoms with Gasteiger partial charge in [-0.1, -0.05) is 40.2 Å². The van der Waals surface area contributed by atoms with Crippen LogP contribution in [0.1, 0.15) is 37.9 Å². The summed E-state index contributed by atoms with van der Waals surface area (Å²) in [5.41, 5.74) is 2.52. The van der Waals surface area contributed by atoms with E-state index in [0.717, 1.165) is 16.8 Å². The number of halogens is 1. The molecule has 0 heterocycles. The minimum absolute atomic E-state index is 0.204. The number of ether oxygens (including phenoxy) is 1. The fourth-order valence-corrected chi connectivity index (χ4v) is 2.41. The standard InChI is InChI=1S/C18H22BrNO/c1-13(2)21-18-6-4-5-15(11-18)12-20-14(3)16-7-9-17(19)10-8-16/h4-11,13-14,20H,12H2,1-3H3/t14-/m1/s1. The first-order chi connectivity index (χ1) is 10.0. The molecule has 0 radical (unpaired) electrons. The van der Waals surface area contributed by atoms with E-state index in [4.69, 9.17) is 4.74 Å². The molecule has 2 aromatic carbocycles. The van der Waals surface area contributed by atoms with Crippen LogP contribution in [0.15, 0.2) is 53.0 Å². The molecular formula is C18H22BrNO. The van der Waals surface area contributed by atoms with Gasteiger partial charge in [0, 0.05) is 17.1 Å². The van der Waals surface area contributed by atoms with E-state index in [1.165, 1.54) is 11.1 Å². The summed E-state index contributed by atoms with van der Waals surface area (Å²) in [6.45, 7) is 7.09. The normalized spacial score (nSPS) is 12.4. The Bertz CT molecular complexity index is 566. The van der Waals surface area contributed by atoms with Crippen LogP contribution in [0, 0.1) is 0 Å². The predicted molar refractivity (Wildman–Crippen MR) is 91.6 cm³/mol. The van der Waals surface area contributed by atoms with Crippen molar-refractivity contribution in [3.63, 3.8) is 0 Å². The summed E-state index contributed by atoms with van der Waals surface area (Å²) in [6, 6.07) is 17.0. The summed E-state index contributed by atoms with van der Waals surface area (Å²) >= 11 is 3.46. The van der Waals surface area contributed by atoms with Gasteiger partial charge in [-0.15, -0.1) is 0 Å². The predicted octanol–water partition coefficient (Wildman–Crippen LogP) is 5.09. The van der Waals surface area contributed by atoms with E-state index in [9.17, 15) is 0 Å². The van der Waals surface area contributed by atoms with Crippen LogP contribution in [0.4, 0.5) is 0 Å². The maximum Gasteiger partial charge on any atom is 0.120 e. The summed E-state index contributed by atoms with van der Waals surface area (Å²) in [6.07, 6.45) is 0.204. The van der Waals surface area contributed by atoms with Crippen molar-refractivity contribution in [3.8, 4) is 5.75 Å². The van der Waals surface area contributed by atoms with Gasteiger partial charge < -0.3 is 10.1 Å². The lowest BCUT2D eigenvalue weighted by molar-refractivity contribution is 0.242. The van der Waals surface area contributed by atoms with Crippen LogP contribution in [0.3, 0.4) is 0 Å². The van der Waals surface area contributed by atoms with Crippen LogP contribution < -0.4 is 10.1 Å². The lowest BCUT2D eigenvalue weighted by atomic mass is 10.1. The second-order valence-electron chi connectivity index (χ2n) is 5.47. The van der Waals surface area contributed by atoms with Crippen LogP contribution in [-0.4, -0.2) is 6.10 Å². The Morgan fingerprint density at radius 2 is 1.76 bits per heavy atom. The third-order valence-electron chi connectivity index (χ3n) is 3.25. The molecule has 1 N–H and O–H groups in total. The zero-order chi connectivity index (χ0) is 15.2. The Hall–Kier alpha value is -1.32. The highest BCUT2D eigenvalue weighted by molar-refractivity contribution is 9.10. The number of benzene rings is 2. The van der Waals surface area contributed by atoms with Gasteiger partial charge in [-0.2, -0.15) is 0 Å². The lowest BCUT2D eigenvalue weighted by Crippen LogP contribution is -2.18. The molecule has 0 aliphatic carbocycles. The molecule has 0 spiro atoms. The molecule has 0 bridgehead atoms. The minimum Gasteiger partial charge on any atom is -0.491 e. The monoisotopic (exact) mass is 347 g/mol. The molecule has 0 aliphatic rings. The molecule has 0 saturated carbocycles. The van der Waals surface area contributed by atoms with Crippen molar-refractivity contribution in [1.29, 1.82) is 0 Å². The van der Waals surface area contributed by atoms with Crippen molar-refractivity contribution in [3.05, 3.63) is 64.1 Å². The van der Waals surface area contributed by atoms with Crippen molar-refractivity contribution in [2.75, 3.05) is 0 Å². The average molecular weight is 348 g/mol. The molecule has 112 valence electrons. The SMILES string of the molecule is CC(C)Oc1cccc(CN[C@H](C)c2ccc(Br)cc2)c1. The Balaban J connectivity index is 1.94. The van der Waals surface area contributed by atoms with E-state index in [0.29, 0.717) is 6.04 Å². The van der Waals surface area contributed by atoms with Crippen molar-refractivity contribution < 1.29 is 4.74 Å². The highest BCUT2D eigenvalue weighted by atomic mass is 79.9. The molecule has 0 aromatic heterocycles. The highest BCUT2D eigenvalue weighted by Gasteiger charge is 2.05. The average Bonchev–Trinajstić information content (AvgIpc) is 2.45. The summed E-state index contributed by atoms with van der Waals surface area (Å²) in [5.74, 6) is 0.931. The van der Waals surface area contributed by atoms with Gasteiger partial charge in [0.2, 0.25) is 0 Å². The molecule has 21 heavy (non-hydrogen) atoms. The summed E-state index contributed by atoms with van der Waals surface area (Å²) in [4.78, 5) is 0. The van der Waals surface area contributed by atoms with Gasteiger partial charge in [-0.25, -0.2) is 0 Å². The van der Waals surface area contributed by atoms with Crippen molar-refractivity contribution >= 4 is 15.9 Å². The number of hydrogen-bond donors (Lipinski definition) is 1. The molecule has 2 aromatic rings. The largest absolute Gasteiger partial charge is 0.491 e. The quantitative estimate of drug-likeness (QED) is 0.785. The van der Waals surface area contributed by atoms with E-state index < -0.39 is 0 Å². The van der Waals surface area contributed by atoms with Crippen molar-refractivity contribution in [2.45, 2.75) is 39.5 Å². The summed E-state index contributed by atoms with van der Waals surface area (Å²) in [5, 5.41) is 3.54. The van der Waals surface area contributed by atoms with Crippen molar-refractivity contribution in [2.24, 2.45) is 0 Å². The van der Waals surface area contributed by atoms with Crippen LogP contribution in [0.2, 0.25) is 0 Å². The Labute approximate surface area is 135 Å². The van der Waals surface area contributed by atoms with Crippen molar-refractivity contribution in [1.82, 2.24) is 5.32 Å².